The summed E-state index contributed by atoms with van der Waals surface area (Å²) in [5, 5.41) is 0. The fraction of sp³-hybridized carbons (Fsp3) is 0.625. The van der Waals surface area contributed by atoms with E-state index >= 15 is 0 Å². The Morgan fingerprint density at radius 1 is 1.46 bits per heavy atom. The van der Waals surface area contributed by atoms with Crippen LogP contribution in [0.1, 0.15) is 46.3 Å². The van der Waals surface area contributed by atoms with Crippen LogP contribution in [-0.2, 0) is 19.1 Å². The molecule has 0 amide bonds. The van der Waals surface area contributed by atoms with Crippen molar-refractivity contribution in [1.82, 2.24) is 9.55 Å². The SMILES string of the molecule is CC(=O)OC(C)(C)C(=O)CCC1CC(Br)C(n2cc(F)c(=O)[nH]c2=O)O1. The van der Waals surface area contributed by atoms with Gasteiger partial charge in [-0.25, -0.2) is 4.79 Å². The fourth-order valence-electron chi connectivity index (χ4n) is 2.79. The molecule has 8 nitrogen and oxygen atoms in total. The van der Waals surface area contributed by atoms with Gasteiger partial charge in [-0.3, -0.25) is 23.9 Å². The second-order valence-electron chi connectivity index (χ2n) is 6.61. The van der Waals surface area contributed by atoms with E-state index in [2.05, 4.69) is 15.9 Å². The first-order valence-electron chi connectivity index (χ1n) is 8.04. The number of carbonyl (C=O) groups excluding carboxylic acids is 2. The van der Waals surface area contributed by atoms with E-state index < -0.39 is 34.9 Å². The number of hydrogen-bond donors (Lipinski definition) is 1. The number of nitrogens with one attached hydrogen (secondary N) is 1. The second kappa shape index (κ2) is 7.83. The van der Waals surface area contributed by atoms with Gasteiger partial charge in [-0.2, -0.15) is 4.39 Å². The maximum absolute atomic E-state index is 13.5. The Hall–Kier alpha value is -1.81. The number of carbonyl (C=O) groups is 2. The van der Waals surface area contributed by atoms with Gasteiger partial charge in [0.05, 0.1) is 17.1 Å². The molecule has 2 rings (SSSR count). The highest BCUT2D eigenvalue weighted by molar-refractivity contribution is 9.09. The lowest BCUT2D eigenvalue weighted by Crippen LogP contribution is -2.37. The molecule has 3 unspecified atom stereocenters. The van der Waals surface area contributed by atoms with Crippen molar-refractivity contribution in [3.8, 4) is 0 Å². The summed E-state index contributed by atoms with van der Waals surface area (Å²) in [6.07, 6.45) is 0.588. The molecule has 1 aromatic rings. The molecule has 0 aliphatic carbocycles. The van der Waals surface area contributed by atoms with Gasteiger partial charge in [0.25, 0.3) is 5.56 Å². The van der Waals surface area contributed by atoms with Gasteiger partial charge in [0, 0.05) is 13.3 Å². The van der Waals surface area contributed by atoms with Crippen molar-refractivity contribution in [1.29, 1.82) is 0 Å². The second-order valence-corrected chi connectivity index (χ2v) is 7.79. The number of Topliss-reactive ketones (excluding diaryl/α,β-unsaturated/α-hetero) is 1. The number of hydrogen-bond acceptors (Lipinski definition) is 6. The zero-order chi connectivity index (χ0) is 19.6. The zero-order valence-corrected chi connectivity index (χ0v) is 16.2. The van der Waals surface area contributed by atoms with E-state index in [4.69, 9.17) is 9.47 Å². The molecular formula is C16H20BrFN2O6. The predicted molar refractivity (Wildman–Crippen MR) is 92.6 cm³/mol. The Morgan fingerprint density at radius 3 is 2.73 bits per heavy atom. The third-order valence-corrected chi connectivity index (χ3v) is 4.92. The highest BCUT2D eigenvalue weighted by atomic mass is 79.9. The molecule has 0 aromatic carbocycles. The largest absolute Gasteiger partial charge is 0.452 e. The zero-order valence-electron chi connectivity index (χ0n) is 14.6. The molecule has 10 heteroatoms. The van der Waals surface area contributed by atoms with Gasteiger partial charge >= 0.3 is 11.7 Å². The minimum Gasteiger partial charge on any atom is -0.452 e. The minimum absolute atomic E-state index is 0.117. The summed E-state index contributed by atoms with van der Waals surface area (Å²) in [6, 6.07) is 0. The number of nitrogens with zero attached hydrogens (tertiary/aromatic N) is 1. The lowest BCUT2D eigenvalue weighted by atomic mass is 9.97. The van der Waals surface area contributed by atoms with Crippen LogP contribution in [0.3, 0.4) is 0 Å². The van der Waals surface area contributed by atoms with E-state index in [0.29, 0.717) is 12.8 Å². The molecule has 1 N–H and O–H groups in total. The van der Waals surface area contributed by atoms with E-state index in [1.807, 2.05) is 4.98 Å². The van der Waals surface area contributed by atoms with Crippen molar-refractivity contribution < 1.29 is 23.5 Å². The smallest absolute Gasteiger partial charge is 0.330 e. The number of alkyl halides is 1. The van der Waals surface area contributed by atoms with Gasteiger partial charge in [0.2, 0.25) is 5.82 Å². The number of esters is 1. The lowest BCUT2D eigenvalue weighted by Gasteiger charge is -2.23. The van der Waals surface area contributed by atoms with Crippen LogP contribution in [0.25, 0.3) is 0 Å². The molecular weight excluding hydrogens is 415 g/mol. The molecule has 0 spiro atoms. The summed E-state index contributed by atoms with van der Waals surface area (Å²) in [5.41, 5.74) is -3.10. The first-order valence-corrected chi connectivity index (χ1v) is 8.96. The monoisotopic (exact) mass is 434 g/mol. The Labute approximate surface area is 156 Å². The Bertz CT molecular complexity index is 818. The number of rotatable bonds is 6. The molecule has 0 saturated carbocycles. The summed E-state index contributed by atoms with van der Waals surface area (Å²) in [7, 11) is 0. The summed E-state index contributed by atoms with van der Waals surface area (Å²) in [5.74, 6) is -1.88. The minimum atomic E-state index is -1.23. The van der Waals surface area contributed by atoms with Gasteiger partial charge in [-0.05, 0) is 26.7 Å². The number of halogens is 2. The Kier molecular flexibility index (Phi) is 6.17. The number of aromatic nitrogens is 2. The van der Waals surface area contributed by atoms with Crippen molar-refractivity contribution >= 4 is 27.7 Å². The molecule has 1 aliphatic rings. The summed E-state index contributed by atoms with van der Waals surface area (Å²) in [4.78, 5) is 47.9. The van der Waals surface area contributed by atoms with E-state index in [0.717, 1.165) is 10.8 Å². The molecule has 0 bridgehead atoms. The van der Waals surface area contributed by atoms with Gasteiger partial charge in [0.15, 0.2) is 17.6 Å². The van der Waals surface area contributed by atoms with Crippen LogP contribution in [0.4, 0.5) is 4.39 Å². The van der Waals surface area contributed by atoms with Crippen molar-refractivity contribution in [3.05, 3.63) is 32.9 Å². The van der Waals surface area contributed by atoms with Gasteiger partial charge in [-0.15, -0.1) is 0 Å². The van der Waals surface area contributed by atoms with Crippen LogP contribution in [0.15, 0.2) is 15.8 Å². The first kappa shape index (κ1) is 20.5. The molecule has 144 valence electrons. The van der Waals surface area contributed by atoms with E-state index in [1.54, 1.807) is 0 Å². The first-order chi connectivity index (χ1) is 12.0. The van der Waals surface area contributed by atoms with Crippen LogP contribution in [0.2, 0.25) is 0 Å². The van der Waals surface area contributed by atoms with Crippen LogP contribution in [0.5, 0.6) is 0 Å². The maximum Gasteiger partial charge on any atom is 0.330 e. The quantitative estimate of drug-likeness (QED) is 0.535. The van der Waals surface area contributed by atoms with Crippen molar-refractivity contribution in [2.75, 3.05) is 0 Å². The molecule has 3 atom stereocenters. The summed E-state index contributed by atoms with van der Waals surface area (Å²) >= 11 is 3.38. The van der Waals surface area contributed by atoms with E-state index in [1.165, 1.54) is 20.8 Å². The van der Waals surface area contributed by atoms with Gasteiger partial charge in [-0.1, -0.05) is 15.9 Å². The van der Waals surface area contributed by atoms with Crippen LogP contribution < -0.4 is 11.2 Å². The molecule has 1 aliphatic heterocycles. The molecule has 1 saturated heterocycles. The van der Waals surface area contributed by atoms with Gasteiger partial charge in [0.1, 0.15) is 0 Å². The number of aromatic amines is 1. The van der Waals surface area contributed by atoms with E-state index in [9.17, 15) is 23.6 Å². The van der Waals surface area contributed by atoms with Crippen molar-refractivity contribution in [2.24, 2.45) is 0 Å². The van der Waals surface area contributed by atoms with Crippen molar-refractivity contribution in [2.45, 2.75) is 62.8 Å². The molecule has 2 heterocycles. The van der Waals surface area contributed by atoms with Crippen LogP contribution in [0, 0.1) is 5.82 Å². The normalized spacial score (nSPS) is 23.0. The predicted octanol–water partition coefficient (Wildman–Crippen LogP) is 1.42. The average molecular weight is 435 g/mol. The highest BCUT2D eigenvalue weighted by Gasteiger charge is 2.37. The number of H-pyrrole nitrogens is 1. The third kappa shape index (κ3) is 4.67. The molecule has 1 fully saturated rings. The number of ether oxygens (including phenoxy) is 2. The average Bonchev–Trinajstić information content (AvgIpc) is 2.88. The van der Waals surface area contributed by atoms with Crippen LogP contribution in [-0.4, -0.2) is 37.8 Å². The Balaban J connectivity index is 2.02. The highest BCUT2D eigenvalue weighted by Crippen LogP contribution is 2.35. The van der Waals surface area contributed by atoms with Crippen LogP contribution >= 0.6 is 15.9 Å². The summed E-state index contributed by atoms with van der Waals surface area (Å²) in [6.45, 7) is 4.27. The topological polar surface area (TPSA) is 107 Å². The molecule has 1 aromatic heterocycles. The summed E-state index contributed by atoms with van der Waals surface area (Å²) < 4.78 is 25.2. The van der Waals surface area contributed by atoms with Crippen molar-refractivity contribution in [3.63, 3.8) is 0 Å². The van der Waals surface area contributed by atoms with E-state index in [-0.39, 0.29) is 23.1 Å². The number of ketones is 1. The maximum atomic E-state index is 13.5. The Morgan fingerprint density at radius 2 is 2.12 bits per heavy atom. The third-order valence-electron chi connectivity index (χ3n) is 4.09. The fourth-order valence-corrected chi connectivity index (χ4v) is 3.59. The van der Waals surface area contributed by atoms with Gasteiger partial charge < -0.3 is 9.47 Å². The lowest BCUT2D eigenvalue weighted by molar-refractivity contribution is -0.162. The molecule has 0 radical (unpaired) electrons. The standard InChI is InChI=1S/C16H20BrFN2O6/c1-8(21)26-16(2,3)12(22)5-4-9-6-10(17)14(25-9)20-7-11(18)13(23)19-15(20)24/h7,9-10,14H,4-6H2,1-3H3,(H,19,23,24). The molecule has 26 heavy (non-hydrogen) atoms.